The van der Waals surface area contributed by atoms with Gasteiger partial charge in [-0.3, -0.25) is 19.9 Å². The van der Waals surface area contributed by atoms with Crippen LogP contribution in [0.25, 0.3) is 0 Å². The van der Waals surface area contributed by atoms with Gasteiger partial charge < -0.3 is 11.1 Å². The summed E-state index contributed by atoms with van der Waals surface area (Å²) in [7, 11) is 0. The number of carbonyl (C=O) groups excluding carboxylic acids is 1. The smallest absolute Gasteiger partial charge is 0.292 e. The second kappa shape index (κ2) is 6.00. The standard InChI is InChI=1S/C14H14N4O3/c1-9(10-4-3-7-16-8-10)17-14(19)11-5-2-6-12(13(11)15)18(20)21/h2-9H,15H2,1H3,(H,17,19). The molecule has 0 aliphatic carbocycles. The molecule has 2 rings (SSSR count). The summed E-state index contributed by atoms with van der Waals surface area (Å²) in [4.78, 5) is 26.4. The molecule has 0 spiro atoms. The number of para-hydroxylation sites is 1. The van der Waals surface area contributed by atoms with Crippen LogP contribution >= 0.6 is 0 Å². The number of nitro benzene ring substituents is 1. The SMILES string of the molecule is CC(NC(=O)c1cccc([N+](=O)[O-])c1N)c1cccnc1. The lowest BCUT2D eigenvalue weighted by atomic mass is 10.1. The van der Waals surface area contributed by atoms with Gasteiger partial charge in [0.15, 0.2) is 0 Å². The first-order chi connectivity index (χ1) is 10.0. The monoisotopic (exact) mass is 286 g/mol. The highest BCUT2D eigenvalue weighted by Crippen LogP contribution is 2.25. The number of pyridine rings is 1. The minimum Gasteiger partial charge on any atom is -0.393 e. The Balaban J connectivity index is 2.22. The van der Waals surface area contributed by atoms with E-state index >= 15 is 0 Å². The minimum absolute atomic E-state index is 0.0833. The summed E-state index contributed by atoms with van der Waals surface area (Å²) in [6, 6.07) is 7.45. The number of carbonyl (C=O) groups is 1. The third kappa shape index (κ3) is 3.14. The van der Waals surface area contributed by atoms with Crippen LogP contribution in [0.4, 0.5) is 11.4 Å². The number of nitrogens with zero attached hydrogens (tertiary/aromatic N) is 2. The molecule has 3 N–H and O–H groups in total. The van der Waals surface area contributed by atoms with Gasteiger partial charge in [0, 0.05) is 18.5 Å². The van der Waals surface area contributed by atoms with Gasteiger partial charge in [0.1, 0.15) is 5.69 Å². The maximum Gasteiger partial charge on any atom is 0.292 e. The molecule has 0 aliphatic rings. The molecule has 1 atom stereocenters. The highest BCUT2D eigenvalue weighted by molar-refractivity contribution is 6.01. The summed E-state index contributed by atoms with van der Waals surface area (Å²) in [6.07, 6.45) is 3.28. The Bertz CT molecular complexity index is 673. The normalized spacial score (nSPS) is 11.7. The molecule has 1 heterocycles. The summed E-state index contributed by atoms with van der Waals surface area (Å²) >= 11 is 0. The van der Waals surface area contributed by atoms with E-state index in [0.717, 1.165) is 5.56 Å². The third-order valence-corrected chi connectivity index (χ3v) is 3.06. The molecule has 0 radical (unpaired) electrons. The molecular weight excluding hydrogens is 272 g/mol. The van der Waals surface area contributed by atoms with Crippen LogP contribution in [0.3, 0.4) is 0 Å². The molecule has 7 heteroatoms. The topological polar surface area (TPSA) is 111 Å². The number of aromatic nitrogens is 1. The van der Waals surface area contributed by atoms with E-state index in [0.29, 0.717) is 0 Å². The Labute approximate surface area is 121 Å². The molecular formula is C14H14N4O3. The van der Waals surface area contributed by atoms with Crippen LogP contribution in [0.1, 0.15) is 28.9 Å². The Hall–Kier alpha value is -2.96. The molecule has 1 unspecified atom stereocenters. The van der Waals surface area contributed by atoms with Crippen molar-refractivity contribution in [2.24, 2.45) is 0 Å². The first-order valence-electron chi connectivity index (χ1n) is 6.24. The van der Waals surface area contributed by atoms with E-state index in [1.54, 1.807) is 25.4 Å². The van der Waals surface area contributed by atoms with Crippen molar-refractivity contribution in [2.75, 3.05) is 5.73 Å². The predicted octanol–water partition coefficient (Wildman–Crippen LogP) is 2.06. The van der Waals surface area contributed by atoms with Gasteiger partial charge in [0.05, 0.1) is 16.5 Å². The average Bonchev–Trinajstić information content (AvgIpc) is 2.47. The molecule has 21 heavy (non-hydrogen) atoms. The average molecular weight is 286 g/mol. The summed E-state index contributed by atoms with van der Waals surface area (Å²) < 4.78 is 0. The van der Waals surface area contributed by atoms with Crippen molar-refractivity contribution >= 4 is 17.3 Å². The number of hydrogen-bond donors (Lipinski definition) is 2. The number of nitrogens with two attached hydrogens (primary N) is 1. The maximum absolute atomic E-state index is 12.2. The second-order valence-electron chi connectivity index (χ2n) is 4.48. The van der Waals surface area contributed by atoms with E-state index in [4.69, 9.17) is 5.73 Å². The summed E-state index contributed by atoms with van der Waals surface area (Å²) in [5.74, 6) is -0.465. The van der Waals surface area contributed by atoms with Crippen molar-refractivity contribution in [2.45, 2.75) is 13.0 Å². The number of nitro groups is 1. The lowest BCUT2D eigenvalue weighted by Crippen LogP contribution is -2.27. The fourth-order valence-electron chi connectivity index (χ4n) is 1.90. The van der Waals surface area contributed by atoms with Gasteiger partial charge in [-0.15, -0.1) is 0 Å². The maximum atomic E-state index is 12.2. The number of nitrogens with one attached hydrogen (secondary N) is 1. The number of hydrogen-bond acceptors (Lipinski definition) is 5. The predicted molar refractivity (Wildman–Crippen MR) is 77.6 cm³/mol. The number of rotatable bonds is 4. The van der Waals surface area contributed by atoms with Gasteiger partial charge in [-0.05, 0) is 24.6 Å². The molecule has 0 fully saturated rings. The Kier molecular flexibility index (Phi) is 4.13. The lowest BCUT2D eigenvalue weighted by Gasteiger charge is -2.14. The number of anilines is 1. The molecule has 1 amide bonds. The van der Waals surface area contributed by atoms with Crippen molar-refractivity contribution in [3.8, 4) is 0 Å². The fraction of sp³-hybridized carbons (Fsp3) is 0.143. The zero-order valence-electron chi connectivity index (χ0n) is 11.3. The van der Waals surface area contributed by atoms with Gasteiger partial charge in [-0.1, -0.05) is 12.1 Å². The van der Waals surface area contributed by atoms with E-state index in [2.05, 4.69) is 10.3 Å². The zero-order valence-corrected chi connectivity index (χ0v) is 11.3. The van der Waals surface area contributed by atoms with Crippen LogP contribution in [0, 0.1) is 10.1 Å². The number of amides is 1. The number of benzene rings is 1. The molecule has 7 nitrogen and oxygen atoms in total. The first kappa shape index (κ1) is 14.4. The van der Waals surface area contributed by atoms with Crippen LogP contribution in [0.15, 0.2) is 42.7 Å². The van der Waals surface area contributed by atoms with E-state index in [-0.39, 0.29) is 23.0 Å². The molecule has 1 aromatic heterocycles. The first-order valence-corrected chi connectivity index (χ1v) is 6.24. The third-order valence-electron chi connectivity index (χ3n) is 3.06. The van der Waals surface area contributed by atoms with Gasteiger partial charge in [0.2, 0.25) is 0 Å². The molecule has 0 saturated carbocycles. The molecule has 0 aliphatic heterocycles. The van der Waals surface area contributed by atoms with Crippen LogP contribution in [0.2, 0.25) is 0 Å². The van der Waals surface area contributed by atoms with E-state index < -0.39 is 10.8 Å². The van der Waals surface area contributed by atoms with Crippen LogP contribution in [-0.4, -0.2) is 15.8 Å². The van der Waals surface area contributed by atoms with E-state index in [9.17, 15) is 14.9 Å². The zero-order chi connectivity index (χ0) is 15.4. The molecule has 1 aromatic carbocycles. The van der Waals surface area contributed by atoms with Crippen LogP contribution < -0.4 is 11.1 Å². The highest BCUT2D eigenvalue weighted by atomic mass is 16.6. The Morgan fingerprint density at radius 3 is 2.76 bits per heavy atom. The van der Waals surface area contributed by atoms with Crippen LogP contribution in [-0.2, 0) is 0 Å². The van der Waals surface area contributed by atoms with E-state index in [1.165, 1.54) is 18.2 Å². The summed E-state index contributed by atoms with van der Waals surface area (Å²) in [5, 5.41) is 13.6. The lowest BCUT2D eigenvalue weighted by molar-refractivity contribution is -0.383. The highest BCUT2D eigenvalue weighted by Gasteiger charge is 2.20. The molecule has 0 saturated heterocycles. The summed E-state index contributed by atoms with van der Waals surface area (Å²) in [6.45, 7) is 1.79. The summed E-state index contributed by atoms with van der Waals surface area (Å²) in [5.41, 5.74) is 6.18. The van der Waals surface area contributed by atoms with Crippen molar-refractivity contribution in [3.05, 3.63) is 64.0 Å². The fourth-order valence-corrected chi connectivity index (χ4v) is 1.90. The number of nitrogen functional groups attached to an aromatic ring is 1. The minimum atomic E-state index is -0.614. The second-order valence-corrected chi connectivity index (χ2v) is 4.48. The van der Waals surface area contributed by atoms with Crippen molar-refractivity contribution in [1.82, 2.24) is 10.3 Å². The van der Waals surface area contributed by atoms with Crippen LogP contribution in [0.5, 0.6) is 0 Å². The van der Waals surface area contributed by atoms with Gasteiger partial charge in [0.25, 0.3) is 11.6 Å². The van der Waals surface area contributed by atoms with Crippen molar-refractivity contribution in [1.29, 1.82) is 0 Å². The van der Waals surface area contributed by atoms with Crippen molar-refractivity contribution in [3.63, 3.8) is 0 Å². The Morgan fingerprint density at radius 2 is 2.14 bits per heavy atom. The van der Waals surface area contributed by atoms with Crippen molar-refractivity contribution < 1.29 is 9.72 Å². The Morgan fingerprint density at radius 1 is 1.38 bits per heavy atom. The molecule has 108 valence electrons. The largest absolute Gasteiger partial charge is 0.393 e. The van der Waals surface area contributed by atoms with Gasteiger partial charge in [-0.25, -0.2) is 0 Å². The van der Waals surface area contributed by atoms with Gasteiger partial charge >= 0.3 is 0 Å². The van der Waals surface area contributed by atoms with Gasteiger partial charge in [-0.2, -0.15) is 0 Å². The molecule has 2 aromatic rings. The quantitative estimate of drug-likeness (QED) is 0.507. The molecule has 0 bridgehead atoms. The van der Waals surface area contributed by atoms with E-state index in [1.807, 2.05) is 6.07 Å².